The average molecular weight is 416 g/mol. The minimum atomic E-state index is -0.343. The molecule has 1 aliphatic carbocycles. The Morgan fingerprint density at radius 3 is 2.61 bits per heavy atom. The molecule has 0 saturated carbocycles. The van der Waals surface area contributed by atoms with Crippen molar-refractivity contribution in [1.82, 2.24) is 10.3 Å². The summed E-state index contributed by atoms with van der Waals surface area (Å²) >= 11 is 0. The molecule has 1 unspecified atom stereocenters. The van der Waals surface area contributed by atoms with Gasteiger partial charge in [-0.2, -0.15) is 0 Å². The van der Waals surface area contributed by atoms with E-state index >= 15 is 0 Å². The maximum atomic E-state index is 14.8. The molecule has 4 nitrogen and oxygen atoms in total. The molecular weight excluding hydrogens is 391 g/mol. The summed E-state index contributed by atoms with van der Waals surface area (Å²) < 4.78 is 14.8. The normalized spacial score (nSPS) is 16.1. The second-order valence-electron chi connectivity index (χ2n) is 8.10. The van der Waals surface area contributed by atoms with E-state index in [-0.39, 0.29) is 23.3 Å². The maximum absolute atomic E-state index is 14.8. The molecule has 0 spiro atoms. The number of aryl methyl sites for hydroxylation is 2. The van der Waals surface area contributed by atoms with Gasteiger partial charge in [0.1, 0.15) is 17.8 Å². The lowest BCUT2D eigenvalue weighted by atomic mass is 9.82. The lowest BCUT2D eigenvalue weighted by molar-refractivity contribution is -0.111. The van der Waals surface area contributed by atoms with Crippen molar-refractivity contribution in [3.8, 4) is 11.1 Å². The van der Waals surface area contributed by atoms with Gasteiger partial charge in [0.05, 0.1) is 5.52 Å². The third kappa shape index (κ3) is 3.76. The number of allylic oxidation sites excluding steroid dienone is 2. The number of aromatic nitrogens is 1. The second-order valence-corrected chi connectivity index (χ2v) is 8.10. The molecule has 1 N–H and O–H groups in total. The van der Waals surface area contributed by atoms with Gasteiger partial charge >= 0.3 is 0 Å². The molecule has 1 aromatic heterocycles. The molecule has 1 amide bonds. The van der Waals surface area contributed by atoms with Crippen LogP contribution in [-0.4, -0.2) is 24.2 Å². The molecule has 1 aliphatic rings. The first kappa shape index (κ1) is 20.9. The third-order valence-electron chi connectivity index (χ3n) is 6.13. The number of pyridine rings is 1. The van der Waals surface area contributed by atoms with E-state index in [2.05, 4.69) is 16.4 Å². The van der Waals surface area contributed by atoms with E-state index in [1.165, 1.54) is 11.6 Å². The van der Waals surface area contributed by atoms with Crippen LogP contribution in [0, 0.1) is 25.6 Å². The Bertz CT molecular complexity index is 1230. The van der Waals surface area contributed by atoms with Gasteiger partial charge in [-0.3, -0.25) is 4.79 Å². The molecule has 5 heteroatoms. The Morgan fingerprint density at radius 2 is 1.97 bits per heavy atom. The number of nitrogens with one attached hydrogen (secondary N) is 1. The van der Waals surface area contributed by atoms with Gasteiger partial charge < -0.3 is 10.1 Å². The summed E-state index contributed by atoms with van der Waals surface area (Å²) in [5.74, 6) is -0.575. The molecule has 0 fully saturated rings. The number of rotatable bonds is 4. The fraction of sp³-hybridized carbons (Fsp3) is 0.269. The van der Waals surface area contributed by atoms with Crippen molar-refractivity contribution in [2.45, 2.75) is 33.1 Å². The van der Waals surface area contributed by atoms with E-state index in [9.17, 15) is 14.0 Å². The summed E-state index contributed by atoms with van der Waals surface area (Å²) in [5.41, 5.74) is 6.43. The number of carbonyl (C=O) groups excluding carboxylic acids is 2. The minimum absolute atomic E-state index is 0.0792. The fourth-order valence-corrected chi connectivity index (χ4v) is 4.60. The molecule has 0 bridgehead atoms. The topological polar surface area (TPSA) is 59.1 Å². The summed E-state index contributed by atoms with van der Waals surface area (Å²) in [6, 6.07) is 10.2. The van der Waals surface area contributed by atoms with E-state index in [4.69, 9.17) is 0 Å². The van der Waals surface area contributed by atoms with Crippen LogP contribution in [0.3, 0.4) is 0 Å². The highest BCUT2D eigenvalue weighted by atomic mass is 19.1. The van der Waals surface area contributed by atoms with Gasteiger partial charge in [-0.25, -0.2) is 9.37 Å². The second kappa shape index (κ2) is 8.42. The number of hydrogen-bond acceptors (Lipinski definition) is 3. The van der Waals surface area contributed by atoms with Crippen molar-refractivity contribution in [3.63, 3.8) is 0 Å². The fourth-order valence-electron chi connectivity index (χ4n) is 4.60. The molecule has 0 aliphatic heterocycles. The van der Waals surface area contributed by atoms with Crippen molar-refractivity contribution >= 4 is 28.7 Å². The molecule has 4 rings (SSSR count). The Hall–Kier alpha value is -3.34. The van der Waals surface area contributed by atoms with Crippen LogP contribution in [-0.2, 0) is 4.79 Å². The number of amides is 1. The largest absolute Gasteiger partial charge is 0.354 e. The van der Waals surface area contributed by atoms with Gasteiger partial charge in [0.25, 0.3) is 5.91 Å². The highest BCUT2D eigenvalue weighted by molar-refractivity contribution is 6.04. The number of nitrogens with zero attached hydrogens (tertiary/aromatic N) is 1. The predicted molar refractivity (Wildman–Crippen MR) is 121 cm³/mol. The van der Waals surface area contributed by atoms with Gasteiger partial charge in [-0.1, -0.05) is 24.3 Å². The summed E-state index contributed by atoms with van der Waals surface area (Å²) in [6.07, 6.45) is 5.59. The van der Waals surface area contributed by atoms with Crippen molar-refractivity contribution in [2.24, 2.45) is 5.92 Å². The lowest BCUT2D eigenvalue weighted by Crippen LogP contribution is -2.19. The van der Waals surface area contributed by atoms with Crippen molar-refractivity contribution in [1.29, 1.82) is 0 Å². The van der Waals surface area contributed by atoms with E-state index in [1.54, 1.807) is 31.3 Å². The Labute approximate surface area is 181 Å². The Balaban J connectivity index is 2.02. The molecule has 2 aromatic carbocycles. The number of fused-ring (bicyclic) bond motifs is 1. The number of aldehydes is 1. The van der Waals surface area contributed by atoms with E-state index in [0.717, 1.165) is 47.6 Å². The molecule has 1 atom stereocenters. The van der Waals surface area contributed by atoms with Crippen LogP contribution >= 0.6 is 0 Å². The van der Waals surface area contributed by atoms with E-state index in [0.29, 0.717) is 16.6 Å². The molecule has 158 valence electrons. The molecule has 0 radical (unpaired) electrons. The number of hydrogen-bond donors (Lipinski definition) is 1. The molecule has 31 heavy (non-hydrogen) atoms. The van der Waals surface area contributed by atoms with Gasteiger partial charge in [-0.15, -0.1) is 0 Å². The SMILES string of the molecule is CNC(=O)c1cc(-c2ccccc2F)c2c(C)c(C3=CCC(C=O)CC3)c(C)cc2n1. The zero-order chi connectivity index (χ0) is 22.1. The first-order valence-corrected chi connectivity index (χ1v) is 10.5. The van der Waals surface area contributed by atoms with Crippen molar-refractivity contribution in [2.75, 3.05) is 7.05 Å². The summed E-state index contributed by atoms with van der Waals surface area (Å²) in [6.45, 7) is 4.06. The van der Waals surface area contributed by atoms with Crippen LogP contribution in [0.2, 0.25) is 0 Å². The predicted octanol–water partition coefficient (Wildman–Crippen LogP) is 5.40. The van der Waals surface area contributed by atoms with Crippen molar-refractivity contribution in [3.05, 3.63) is 70.7 Å². The molecular formula is C26H25FN2O2. The van der Waals surface area contributed by atoms with E-state index < -0.39 is 0 Å². The van der Waals surface area contributed by atoms with Crippen LogP contribution in [0.5, 0.6) is 0 Å². The maximum Gasteiger partial charge on any atom is 0.269 e. The van der Waals surface area contributed by atoms with Crippen LogP contribution in [0.4, 0.5) is 4.39 Å². The first-order valence-electron chi connectivity index (χ1n) is 10.5. The lowest BCUT2D eigenvalue weighted by Gasteiger charge is -2.23. The van der Waals surface area contributed by atoms with Gasteiger partial charge in [0.15, 0.2) is 0 Å². The number of benzene rings is 2. The monoisotopic (exact) mass is 416 g/mol. The molecule has 3 aromatic rings. The highest BCUT2D eigenvalue weighted by Crippen LogP contribution is 2.40. The zero-order valence-electron chi connectivity index (χ0n) is 18.0. The summed E-state index contributed by atoms with van der Waals surface area (Å²) in [7, 11) is 1.55. The van der Waals surface area contributed by atoms with Crippen molar-refractivity contribution < 1.29 is 14.0 Å². The molecule has 0 saturated heterocycles. The van der Waals surface area contributed by atoms with Crippen LogP contribution < -0.4 is 5.32 Å². The number of halogens is 1. The summed E-state index contributed by atoms with van der Waals surface area (Å²) in [5, 5.41) is 3.45. The quantitative estimate of drug-likeness (QED) is 0.580. The van der Waals surface area contributed by atoms with Gasteiger partial charge in [-0.05, 0) is 79.1 Å². The molecule has 1 heterocycles. The number of carbonyl (C=O) groups is 2. The smallest absolute Gasteiger partial charge is 0.269 e. The van der Waals surface area contributed by atoms with Gasteiger partial charge in [0, 0.05) is 23.9 Å². The van der Waals surface area contributed by atoms with Crippen LogP contribution in [0.1, 0.15) is 46.4 Å². The first-order chi connectivity index (χ1) is 14.9. The van der Waals surface area contributed by atoms with E-state index in [1.807, 2.05) is 19.9 Å². The Morgan fingerprint density at radius 1 is 1.19 bits per heavy atom. The average Bonchev–Trinajstić information content (AvgIpc) is 2.78. The minimum Gasteiger partial charge on any atom is -0.354 e. The third-order valence-corrected chi connectivity index (χ3v) is 6.13. The highest BCUT2D eigenvalue weighted by Gasteiger charge is 2.22. The Kier molecular flexibility index (Phi) is 5.68. The zero-order valence-corrected chi connectivity index (χ0v) is 18.0. The van der Waals surface area contributed by atoms with Crippen LogP contribution in [0.15, 0.2) is 42.5 Å². The van der Waals surface area contributed by atoms with Crippen LogP contribution in [0.25, 0.3) is 27.6 Å². The standard InChI is InChI=1S/C26H25FN2O2/c1-15-12-22-25(16(2)24(15)18-10-8-17(14-30)9-11-18)20(13-23(29-22)26(31)28-3)19-6-4-5-7-21(19)27/h4-7,10,12-14,17H,8-9,11H2,1-3H3,(H,28,31). The summed E-state index contributed by atoms with van der Waals surface area (Å²) in [4.78, 5) is 28.1. The van der Waals surface area contributed by atoms with Gasteiger partial charge in [0.2, 0.25) is 0 Å².